The number of rotatable bonds is 4. The van der Waals surface area contributed by atoms with Crippen LogP contribution in [0.25, 0.3) is 0 Å². The van der Waals surface area contributed by atoms with Crippen LogP contribution in [-0.4, -0.2) is 24.2 Å². The molecule has 5 nitrogen and oxygen atoms in total. The number of carbonyl (C=O) groups excluding carboxylic acids is 2. The lowest BCUT2D eigenvalue weighted by atomic mass is 10.1. The van der Waals surface area contributed by atoms with E-state index in [-0.39, 0.29) is 17.8 Å². The van der Waals surface area contributed by atoms with Crippen molar-refractivity contribution in [1.29, 1.82) is 0 Å². The average molecular weight is 309 g/mol. The minimum atomic E-state index is -0.338. The molecule has 1 aromatic carbocycles. The summed E-state index contributed by atoms with van der Waals surface area (Å²) in [5.41, 5.74) is 3.63. The molecule has 21 heavy (non-hydrogen) atoms. The summed E-state index contributed by atoms with van der Waals surface area (Å²) >= 11 is 5.77. The molecule has 0 unspecified atom stereocenters. The van der Waals surface area contributed by atoms with Crippen molar-refractivity contribution in [3.8, 4) is 0 Å². The van der Waals surface area contributed by atoms with Gasteiger partial charge in [0, 0.05) is 10.6 Å². The van der Waals surface area contributed by atoms with E-state index in [4.69, 9.17) is 16.3 Å². The van der Waals surface area contributed by atoms with E-state index < -0.39 is 0 Å². The quantitative estimate of drug-likeness (QED) is 0.687. The topological polar surface area (TPSA) is 67.8 Å². The Bertz CT molecular complexity index is 555. The van der Waals surface area contributed by atoms with Crippen molar-refractivity contribution < 1.29 is 14.3 Å². The van der Waals surface area contributed by atoms with Crippen molar-refractivity contribution in [1.82, 2.24) is 5.43 Å². The highest BCUT2D eigenvalue weighted by atomic mass is 35.5. The number of nitrogens with zero attached hydrogens (tertiary/aromatic N) is 1. The predicted octanol–water partition coefficient (Wildman–Crippen LogP) is 2.79. The molecule has 1 atom stereocenters. The van der Waals surface area contributed by atoms with Crippen molar-refractivity contribution >= 4 is 29.2 Å². The van der Waals surface area contributed by atoms with Crippen LogP contribution in [0.4, 0.5) is 0 Å². The molecule has 1 aliphatic rings. The molecule has 1 N–H and O–H groups in total. The molecule has 1 amide bonds. The number of ether oxygens (including phenoxy) is 1. The number of benzene rings is 1. The molecule has 2 rings (SSSR count). The van der Waals surface area contributed by atoms with Crippen LogP contribution < -0.4 is 5.43 Å². The van der Waals surface area contributed by atoms with Gasteiger partial charge < -0.3 is 4.74 Å². The van der Waals surface area contributed by atoms with Crippen LogP contribution in [0.5, 0.6) is 0 Å². The monoisotopic (exact) mass is 308 g/mol. The van der Waals surface area contributed by atoms with Gasteiger partial charge in [0.05, 0.1) is 18.2 Å². The first-order chi connectivity index (χ1) is 10.1. The van der Waals surface area contributed by atoms with Crippen LogP contribution in [0.1, 0.15) is 36.5 Å². The number of halogens is 1. The zero-order chi connectivity index (χ0) is 15.2. The Hall–Kier alpha value is -1.88. The molecule has 0 saturated heterocycles. The second-order valence-electron chi connectivity index (χ2n) is 4.75. The van der Waals surface area contributed by atoms with Gasteiger partial charge in [-0.25, -0.2) is 5.43 Å². The molecule has 1 aromatic rings. The molecule has 6 heteroatoms. The van der Waals surface area contributed by atoms with Gasteiger partial charge in [-0.2, -0.15) is 5.10 Å². The molecule has 0 aliphatic heterocycles. The van der Waals surface area contributed by atoms with Gasteiger partial charge in [0.1, 0.15) is 0 Å². The van der Waals surface area contributed by atoms with Gasteiger partial charge in [0.25, 0.3) is 5.91 Å². The SMILES string of the molecule is CCOC(=O)[C@@H]1CCCC1=NNC(=O)c1ccc(Cl)cc1. The minimum Gasteiger partial charge on any atom is -0.465 e. The molecule has 0 bridgehead atoms. The Morgan fingerprint density at radius 2 is 2.10 bits per heavy atom. The van der Waals surface area contributed by atoms with E-state index >= 15 is 0 Å². The zero-order valence-electron chi connectivity index (χ0n) is 11.8. The second kappa shape index (κ2) is 7.22. The summed E-state index contributed by atoms with van der Waals surface area (Å²) in [7, 11) is 0. The normalized spacial score (nSPS) is 19.5. The van der Waals surface area contributed by atoms with E-state index in [0.717, 1.165) is 6.42 Å². The van der Waals surface area contributed by atoms with Gasteiger partial charge in [-0.1, -0.05) is 11.6 Å². The summed E-state index contributed by atoms with van der Waals surface area (Å²) in [6.45, 7) is 2.12. The van der Waals surface area contributed by atoms with E-state index in [1.54, 1.807) is 31.2 Å². The zero-order valence-corrected chi connectivity index (χ0v) is 12.5. The fourth-order valence-corrected chi connectivity index (χ4v) is 2.37. The maximum Gasteiger partial charge on any atom is 0.314 e. The van der Waals surface area contributed by atoms with E-state index in [1.807, 2.05) is 0 Å². The Kier molecular flexibility index (Phi) is 5.33. The first kappa shape index (κ1) is 15.5. The van der Waals surface area contributed by atoms with Crippen molar-refractivity contribution in [2.24, 2.45) is 11.0 Å². The second-order valence-corrected chi connectivity index (χ2v) is 5.18. The number of nitrogens with one attached hydrogen (secondary N) is 1. The molecular weight excluding hydrogens is 292 g/mol. The van der Waals surface area contributed by atoms with Crippen molar-refractivity contribution in [2.75, 3.05) is 6.61 Å². The number of amides is 1. The summed E-state index contributed by atoms with van der Waals surface area (Å²) in [5, 5.41) is 4.66. The Balaban J connectivity index is 2.00. The summed E-state index contributed by atoms with van der Waals surface area (Å²) in [6.07, 6.45) is 2.29. The van der Waals surface area contributed by atoms with Crippen LogP contribution in [0, 0.1) is 5.92 Å². The van der Waals surface area contributed by atoms with Crippen molar-refractivity contribution in [3.63, 3.8) is 0 Å². The molecule has 1 saturated carbocycles. The summed E-state index contributed by atoms with van der Waals surface area (Å²) < 4.78 is 5.01. The summed E-state index contributed by atoms with van der Waals surface area (Å²) in [6, 6.07) is 6.52. The maximum atomic E-state index is 11.9. The van der Waals surface area contributed by atoms with Gasteiger partial charge in [-0.15, -0.1) is 0 Å². The van der Waals surface area contributed by atoms with Crippen LogP contribution in [0.2, 0.25) is 5.02 Å². The number of esters is 1. The van der Waals surface area contributed by atoms with Crippen LogP contribution in [0.3, 0.4) is 0 Å². The minimum absolute atomic E-state index is 0.269. The van der Waals surface area contributed by atoms with Gasteiger partial charge >= 0.3 is 5.97 Å². The van der Waals surface area contributed by atoms with Crippen LogP contribution in [-0.2, 0) is 9.53 Å². The fourth-order valence-electron chi connectivity index (χ4n) is 2.25. The molecule has 0 heterocycles. The van der Waals surface area contributed by atoms with Gasteiger partial charge in [-0.05, 0) is 50.5 Å². The maximum absolute atomic E-state index is 11.9. The summed E-state index contributed by atoms with van der Waals surface area (Å²) in [4.78, 5) is 23.7. The lowest BCUT2D eigenvalue weighted by molar-refractivity contribution is -0.145. The smallest absolute Gasteiger partial charge is 0.314 e. The fraction of sp³-hybridized carbons (Fsp3) is 0.400. The average Bonchev–Trinajstić information content (AvgIpc) is 2.94. The highest BCUT2D eigenvalue weighted by Gasteiger charge is 2.30. The number of hydrogen-bond donors (Lipinski definition) is 1. The first-order valence-corrected chi connectivity index (χ1v) is 7.28. The Labute approximate surface area is 128 Å². The van der Waals surface area contributed by atoms with Gasteiger partial charge in [-0.3, -0.25) is 9.59 Å². The molecule has 1 fully saturated rings. The molecular formula is C15H17ClN2O3. The first-order valence-electron chi connectivity index (χ1n) is 6.90. The molecule has 1 aliphatic carbocycles. The highest BCUT2D eigenvalue weighted by molar-refractivity contribution is 6.30. The predicted molar refractivity (Wildman–Crippen MR) is 80.3 cm³/mol. The van der Waals surface area contributed by atoms with E-state index in [2.05, 4.69) is 10.5 Å². The number of hydrogen-bond acceptors (Lipinski definition) is 4. The van der Waals surface area contributed by atoms with E-state index in [1.165, 1.54) is 0 Å². The lowest BCUT2D eigenvalue weighted by Crippen LogP contribution is -2.25. The third-order valence-electron chi connectivity index (χ3n) is 3.31. The number of hydrazone groups is 1. The third-order valence-corrected chi connectivity index (χ3v) is 3.56. The molecule has 0 radical (unpaired) electrons. The van der Waals surface area contributed by atoms with Crippen molar-refractivity contribution in [3.05, 3.63) is 34.9 Å². The standard InChI is InChI=1S/C15H17ClN2O3/c1-2-21-15(20)12-4-3-5-13(12)17-18-14(19)10-6-8-11(16)9-7-10/h6-9,12H,2-5H2,1H3,(H,18,19)/t12-/m1/s1. The molecule has 0 spiro atoms. The number of carbonyl (C=O) groups is 2. The van der Waals surface area contributed by atoms with Crippen molar-refractivity contribution in [2.45, 2.75) is 26.2 Å². The van der Waals surface area contributed by atoms with Crippen LogP contribution >= 0.6 is 11.6 Å². The van der Waals surface area contributed by atoms with E-state index in [9.17, 15) is 9.59 Å². The molecule has 112 valence electrons. The Morgan fingerprint density at radius 1 is 1.38 bits per heavy atom. The van der Waals surface area contributed by atoms with E-state index in [0.29, 0.717) is 35.7 Å². The summed E-state index contributed by atoms with van der Waals surface area (Å²) in [5.74, 6) is -0.932. The van der Waals surface area contributed by atoms with Gasteiger partial charge in [0.15, 0.2) is 0 Å². The lowest BCUT2D eigenvalue weighted by Gasteiger charge is -2.10. The van der Waals surface area contributed by atoms with Crippen LogP contribution in [0.15, 0.2) is 29.4 Å². The van der Waals surface area contributed by atoms with Gasteiger partial charge in [0.2, 0.25) is 0 Å². The highest BCUT2D eigenvalue weighted by Crippen LogP contribution is 2.23. The Morgan fingerprint density at radius 3 is 2.76 bits per heavy atom. The molecule has 0 aromatic heterocycles. The largest absolute Gasteiger partial charge is 0.465 e. The third kappa shape index (κ3) is 4.04.